The summed E-state index contributed by atoms with van der Waals surface area (Å²) in [6, 6.07) is 12.7. The number of aromatic nitrogens is 4. The maximum atomic E-state index is 15.0. The van der Waals surface area contributed by atoms with Crippen LogP contribution < -0.4 is 9.64 Å². The molecular formula is C26H26BrClFN5O. The Balaban J connectivity index is 1.63. The molecule has 1 aliphatic rings. The van der Waals surface area contributed by atoms with Crippen LogP contribution in [0.5, 0.6) is 5.75 Å². The van der Waals surface area contributed by atoms with E-state index in [1.54, 1.807) is 23.9 Å². The van der Waals surface area contributed by atoms with Crippen molar-refractivity contribution < 1.29 is 9.13 Å². The molecule has 6 nitrogen and oxygen atoms in total. The molecule has 1 aliphatic heterocycles. The number of hydrogen-bond acceptors (Lipinski definition) is 5. The molecule has 5 rings (SSSR count). The number of nitrogens with zero attached hydrogens (tertiary/aromatic N) is 5. The summed E-state index contributed by atoms with van der Waals surface area (Å²) >= 11 is 9.71. The summed E-state index contributed by atoms with van der Waals surface area (Å²) in [5, 5.41) is 4.81. The van der Waals surface area contributed by atoms with Crippen molar-refractivity contribution in [3.8, 4) is 17.0 Å². The maximum absolute atomic E-state index is 15.0. The summed E-state index contributed by atoms with van der Waals surface area (Å²) in [5.74, 6) is 1.03. The molecule has 0 amide bonds. The molecule has 0 spiro atoms. The highest BCUT2D eigenvalue weighted by Crippen LogP contribution is 2.37. The molecule has 182 valence electrons. The number of piperidine rings is 1. The van der Waals surface area contributed by atoms with Crippen LogP contribution in [0.2, 0.25) is 5.02 Å². The van der Waals surface area contributed by atoms with Crippen molar-refractivity contribution in [1.29, 1.82) is 0 Å². The van der Waals surface area contributed by atoms with Crippen LogP contribution in [-0.2, 0) is 6.54 Å². The van der Waals surface area contributed by atoms with E-state index in [2.05, 4.69) is 34.7 Å². The fraction of sp³-hybridized carbons (Fsp3) is 0.346. The zero-order valence-electron chi connectivity index (χ0n) is 19.9. The molecule has 0 bridgehead atoms. The molecule has 0 N–H and O–H groups in total. The molecule has 9 heteroatoms. The topological polar surface area (TPSA) is 56.1 Å². The minimum Gasteiger partial charge on any atom is -0.497 e. The van der Waals surface area contributed by atoms with Crippen LogP contribution in [0.3, 0.4) is 0 Å². The van der Waals surface area contributed by atoms with Gasteiger partial charge in [0.2, 0.25) is 0 Å². The number of methoxy groups -OCH3 is 1. The van der Waals surface area contributed by atoms with Crippen LogP contribution in [0.1, 0.15) is 32.3 Å². The summed E-state index contributed by atoms with van der Waals surface area (Å²) in [6.45, 7) is 6.84. The Morgan fingerprint density at radius 3 is 2.49 bits per heavy atom. The van der Waals surface area contributed by atoms with Gasteiger partial charge in [0.15, 0.2) is 17.3 Å². The van der Waals surface area contributed by atoms with E-state index in [1.165, 1.54) is 6.07 Å². The Morgan fingerprint density at radius 2 is 1.80 bits per heavy atom. The molecule has 0 aliphatic carbocycles. The summed E-state index contributed by atoms with van der Waals surface area (Å²) in [7, 11) is 1.64. The van der Waals surface area contributed by atoms with Gasteiger partial charge in [0.05, 0.1) is 18.7 Å². The van der Waals surface area contributed by atoms with Crippen molar-refractivity contribution >= 4 is 44.5 Å². The molecule has 0 radical (unpaired) electrons. The smallest absolute Gasteiger partial charge is 0.180 e. The van der Waals surface area contributed by atoms with Crippen LogP contribution in [0.25, 0.3) is 22.4 Å². The number of rotatable bonds is 5. The van der Waals surface area contributed by atoms with Gasteiger partial charge < -0.3 is 9.64 Å². The van der Waals surface area contributed by atoms with Gasteiger partial charge in [-0.3, -0.25) is 0 Å². The second-order valence-electron chi connectivity index (χ2n) is 9.62. The number of fused-ring (bicyclic) bond motifs is 1. The van der Waals surface area contributed by atoms with Gasteiger partial charge >= 0.3 is 0 Å². The fourth-order valence-electron chi connectivity index (χ4n) is 4.36. The molecule has 1 saturated heterocycles. The standard InChI is InChI=1S/C26H26BrClFN5O/c1-26(2)11-13-33(14-12-26)25-23(27)30-22-21(18-5-4-6-19(28)20(18)29)32-34(24(22)31-25)15-16-7-9-17(35-3)10-8-16/h4-10H,11-15H2,1-3H3. The lowest BCUT2D eigenvalue weighted by molar-refractivity contribution is 0.279. The molecule has 2 aromatic heterocycles. The van der Waals surface area contributed by atoms with Gasteiger partial charge in [-0.15, -0.1) is 0 Å². The Morgan fingerprint density at radius 1 is 1.09 bits per heavy atom. The van der Waals surface area contributed by atoms with Crippen LogP contribution in [0.15, 0.2) is 47.1 Å². The third-order valence-electron chi connectivity index (χ3n) is 6.62. The molecule has 2 aromatic carbocycles. The molecular weight excluding hydrogens is 533 g/mol. The van der Waals surface area contributed by atoms with Crippen LogP contribution in [-0.4, -0.2) is 39.9 Å². The first-order chi connectivity index (χ1) is 16.8. The molecule has 0 unspecified atom stereocenters. The van der Waals surface area contributed by atoms with Crippen LogP contribution in [0.4, 0.5) is 10.2 Å². The number of hydrogen-bond donors (Lipinski definition) is 0. The van der Waals surface area contributed by atoms with Gasteiger partial charge in [-0.2, -0.15) is 5.10 Å². The zero-order valence-corrected chi connectivity index (χ0v) is 22.2. The van der Waals surface area contributed by atoms with E-state index in [9.17, 15) is 0 Å². The summed E-state index contributed by atoms with van der Waals surface area (Å²) in [4.78, 5) is 12.1. The minimum atomic E-state index is -0.523. The number of halogens is 3. The second kappa shape index (κ2) is 9.39. The van der Waals surface area contributed by atoms with Crippen molar-refractivity contribution in [2.75, 3.05) is 25.1 Å². The van der Waals surface area contributed by atoms with Crippen LogP contribution >= 0.6 is 27.5 Å². The SMILES string of the molecule is COc1ccc(Cn2nc(-c3cccc(Cl)c3F)c3nc(Br)c(N4CCC(C)(C)CC4)nc32)cc1. The Kier molecular flexibility index (Phi) is 6.44. The Labute approximate surface area is 217 Å². The first-order valence-corrected chi connectivity index (χ1v) is 12.7. The molecule has 3 heterocycles. The van der Waals surface area contributed by atoms with Crippen molar-refractivity contribution in [3.05, 3.63) is 63.5 Å². The molecule has 1 fully saturated rings. The molecule has 4 aromatic rings. The van der Waals surface area contributed by atoms with E-state index in [1.807, 2.05) is 24.3 Å². The van der Waals surface area contributed by atoms with Crippen molar-refractivity contribution in [3.63, 3.8) is 0 Å². The lowest BCUT2D eigenvalue weighted by Crippen LogP contribution is -2.38. The predicted molar refractivity (Wildman–Crippen MR) is 141 cm³/mol. The van der Waals surface area contributed by atoms with Crippen LogP contribution in [0, 0.1) is 11.2 Å². The lowest BCUT2D eigenvalue weighted by Gasteiger charge is -2.37. The van der Waals surface area contributed by atoms with Gasteiger partial charge in [-0.05, 0) is 64.0 Å². The van der Waals surface area contributed by atoms with E-state index in [0.717, 1.165) is 43.1 Å². The van der Waals surface area contributed by atoms with Crippen molar-refractivity contribution in [2.45, 2.75) is 33.2 Å². The van der Waals surface area contributed by atoms with Gasteiger partial charge in [0.25, 0.3) is 0 Å². The van der Waals surface area contributed by atoms with E-state index in [4.69, 9.17) is 31.4 Å². The van der Waals surface area contributed by atoms with Gasteiger partial charge in [0.1, 0.15) is 21.6 Å². The van der Waals surface area contributed by atoms with Gasteiger partial charge in [0, 0.05) is 18.7 Å². The number of ether oxygens (including phenoxy) is 1. The average molecular weight is 559 g/mol. The maximum Gasteiger partial charge on any atom is 0.180 e. The largest absolute Gasteiger partial charge is 0.497 e. The van der Waals surface area contributed by atoms with E-state index in [-0.39, 0.29) is 5.02 Å². The van der Waals surface area contributed by atoms with Crippen molar-refractivity contribution in [2.24, 2.45) is 5.41 Å². The summed E-state index contributed by atoms with van der Waals surface area (Å²) in [6.07, 6.45) is 2.15. The molecule has 35 heavy (non-hydrogen) atoms. The second-order valence-corrected chi connectivity index (χ2v) is 10.8. The molecule has 0 saturated carbocycles. The number of anilines is 1. The van der Waals surface area contributed by atoms with Gasteiger partial charge in [-0.1, -0.05) is 43.6 Å². The minimum absolute atomic E-state index is 0.0416. The monoisotopic (exact) mass is 557 g/mol. The summed E-state index contributed by atoms with van der Waals surface area (Å²) < 4.78 is 22.7. The lowest BCUT2D eigenvalue weighted by atomic mass is 9.83. The first-order valence-electron chi connectivity index (χ1n) is 11.5. The highest BCUT2D eigenvalue weighted by molar-refractivity contribution is 9.10. The van der Waals surface area contributed by atoms with Gasteiger partial charge in [-0.25, -0.2) is 19.0 Å². The number of benzene rings is 2. The summed E-state index contributed by atoms with van der Waals surface area (Å²) in [5.41, 5.74) is 3.15. The fourth-order valence-corrected chi connectivity index (χ4v) is 5.05. The predicted octanol–water partition coefficient (Wildman–Crippen LogP) is 6.73. The Bertz CT molecular complexity index is 1380. The zero-order chi connectivity index (χ0) is 24.7. The Hall–Kier alpha value is -2.71. The molecule has 0 atom stereocenters. The average Bonchev–Trinajstić information content (AvgIpc) is 3.17. The third-order valence-corrected chi connectivity index (χ3v) is 7.45. The third kappa shape index (κ3) is 4.74. The highest BCUT2D eigenvalue weighted by Gasteiger charge is 2.29. The van der Waals surface area contributed by atoms with Crippen molar-refractivity contribution in [1.82, 2.24) is 19.7 Å². The van der Waals surface area contributed by atoms with E-state index < -0.39 is 5.82 Å². The first kappa shape index (κ1) is 24.0. The highest BCUT2D eigenvalue weighted by atomic mass is 79.9. The normalized spacial score (nSPS) is 15.5. The van der Waals surface area contributed by atoms with E-state index in [0.29, 0.717) is 39.0 Å². The van der Waals surface area contributed by atoms with E-state index >= 15 is 4.39 Å². The quantitative estimate of drug-likeness (QED) is 0.272.